The van der Waals surface area contributed by atoms with Crippen LogP contribution in [0, 0.1) is 0 Å². The molecule has 3 rings (SSSR count). The second-order valence-electron chi connectivity index (χ2n) is 5.81. The standard InChI is InChI=1S/C16H21N3O2/c20-15-10-19(11-16(21)18-15)14-7-2-1-5-12(14)9-13-6-3-4-8-17-13/h1-2,5,7,13,17H,3-4,6,8-11H2,(H,18,20,21). The van der Waals surface area contributed by atoms with E-state index in [1.54, 1.807) is 0 Å². The fraction of sp³-hybridized carbons (Fsp3) is 0.500. The summed E-state index contributed by atoms with van der Waals surface area (Å²) in [6.07, 6.45) is 4.65. The SMILES string of the molecule is O=C1CN(c2ccccc2CC2CCCCN2)CC(=O)N1. The number of nitrogens with zero attached hydrogens (tertiary/aromatic N) is 1. The van der Waals surface area contributed by atoms with Crippen molar-refractivity contribution >= 4 is 17.5 Å². The highest BCUT2D eigenvalue weighted by molar-refractivity contribution is 6.02. The Kier molecular flexibility index (Phi) is 4.20. The van der Waals surface area contributed by atoms with Gasteiger partial charge in [0.15, 0.2) is 0 Å². The minimum atomic E-state index is -0.225. The molecule has 1 aromatic rings. The van der Waals surface area contributed by atoms with Gasteiger partial charge in [0.05, 0.1) is 13.1 Å². The summed E-state index contributed by atoms with van der Waals surface area (Å²) < 4.78 is 0. The minimum Gasteiger partial charge on any atom is -0.353 e. The molecule has 2 N–H and O–H groups in total. The normalized spacial score (nSPS) is 23.0. The van der Waals surface area contributed by atoms with Crippen LogP contribution in [-0.2, 0) is 16.0 Å². The van der Waals surface area contributed by atoms with Gasteiger partial charge in [-0.2, -0.15) is 0 Å². The number of nitrogens with one attached hydrogen (secondary N) is 2. The van der Waals surface area contributed by atoms with Gasteiger partial charge in [-0.15, -0.1) is 0 Å². The summed E-state index contributed by atoms with van der Waals surface area (Å²) in [5.74, 6) is -0.450. The molecule has 0 bridgehead atoms. The molecule has 2 amide bonds. The Labute approximate surface area is 124 Å². The highest BCUT2D eigenvalue weighted by Crippen LogP contribution is 2.24. The van der Waals surface area contributed by atoms with Gasteiger partial charge in [-0.05, 0) is 37.4 Å². The van der Waals surface area contributed by atoms with Crippen molar-refractivity contribution in [3.05, 3.63) is 29.8 Å². The lowest BCUT2D eigenvalue weighted by Crippen LogP contribution is -2.51. The molecule has 21 heavy (non-hydrogen) atoms. The maximum Gasteiger partial charge on any atom is 0.246 e. The molecular weight excluding hydrogens is 266 g/mol. The third-order valence-electron chi connectivity index (χ3n) is 4.16. The van der Waals surface area contributed by atoms with Crippen LogP contribution in [0.1, 0.15) is 24.8 Å². The van der Waals surface area contributed by atoms with Crippen molar-refractivity contribution in [2.75, 3.05) is 24.5 Å². The second-order valence-corrected chi connectivity index (χ2v) is 5.81. The molecule has 0 aliphatic carbocycles. The Bertz CT molecular complexity index is 522. The summed E-state index contributed by atoms with van der Waals surface area (Å²) in [7, 11) is 0. The lowest BCUT2D eigenvalue weighted by molar-refractivity contribution is -0.130. The van der Waals surface area contributed by atoms with E-state index in [4.69, 9.17) is 0 Å². The predicted octanol–water partition coefficient (Wildman–Crippen LogP) is 0.834. The number of carbonyl (C=O) groups is 2. The van der Waals surface area contributed by atoms with E-state index in [9.17, 15) is 9.59 Å². The smallest absolute Gasteiger partial charge is 0.246 e. The van der Waals surface area contributed by atoms with E-state index in [0.717, 1.165) is 18.7 Å². The Morgan fingerprint density at radius 3 is 2.57 bits per heavy atom. The lowest BCUT2D eigenvalue weighted by atomic mass is 9.96. The highest BCUT2D eigenvalue weighted by atomic mass is 16.2. The van der Waals surface area contributed by atoms with Crippen LogP contribution in [0.2, 0.25) is 0 Å². The molecule has 1 aromatic carbocycles. The predicted molar refractivity (Wildman–Crippen MR) is 81.2 cm³/mol. The van der Waals surface area contributed by atoms with Crippen molar-refractivity contribution in [2.24, 2.45) is 0 Å². The van der Waals surface area contributed by atoms with Crippen LogP contribution in [0.15, 0.2) is 24.3 Å². The third kappa shape index (κ3) is 3.42. The topological polar surface area (TPSA) is 61.4 Å². The van der Waals surface area contributed by atoms with Gasteiger partial charge in [0.1, 0.15) is 0 Å². The largest absolute Gasteiger partial charge is 0.353 e. The van der Waals surface area contributed by atoms with Gasteiger partial charge in [-0.1, -0.05) is 24.6 Å². The zero-order chi connectivity index (χ0) is 14.7. The first-order valence-corrected chi connectivity index (χ1v) is 7.61. The van der Waals surface area contributed by atoms with Crippen LogP contribution in [0.5, 0.6) is 0 Å². The van der Waals surface area contributed by atoms with E-state index in [2.05, 4.69) is 16.7 Å². The van der Waals surface area contributed by atoms with Gasteiger partial charge < -0.3 is 10.2 Å². The van der Waals surface area contributed by atoms with Crippen LogP contribution >= 0.6 is 0 Å². The number of hydrogen-bond donors (Lipinski definition) is 2. The molecule has 0 saturated carbocycles. The first kappa shape index (κ1) is 14.1. The molecule has 2 aliphatic heterocycles. The summed E-state index contributed by atoms with van der Waals surface area (Å²) in [5.41, 5.74) is 2.22. The fourth-order valence-electron chi connectivity index (χ4n) is 3.16. The van der Waals surface area contributed by atoms with Crippen LogP contribution in [0.3, 0.4) is 0 Å². The number of rotatable bonds is 3. The summed E-state index contributed by atoms with van der Waals surface area (Å²) in [5, 5.41) is 5.90. The van der Waals surface area contributed by atoms with E-state index in [1.165, 1.54) is 24.8 Å². The second kappa shape index (κ2) is 6.26. The number of imide groups is 1. The highest BCUT2D eigenvalue weighted by Gasteiger charge is 2.25. The van der Waals surface area contributed by atoms with Gasteiger partial charge in [-0.25, -0.2) is 0 Å². The molecule has 112 valence electrons. The fourth-order valence-corrected chi connectivity index (χ4v) is 3.16. The molecule has 0 aromatic heterocycles. The Morgan fingerprint density at radius 2 is 1.86 bits per heavy atom. The number of hydrogen-bond acceptors (Lipinski definition) is 4. The Balaban J connectivity index is 1.78. The van der Waals surface area contributed by atoms with Gasteiger partial charge in [0.2, 0.25) is 11.8 Å². The molecule has 0 spiro atoms. The van der Waals surface area contributed by atoms with Crippen molar-refractivity contribution < 1.29 is 9.59 Å². The van der Waals surface area contributed by atoms with Crippen LogP contribution < -0.4 is 15.5 Å². The Morgan fingerprint density at radius 1 is 1.10 bits per heavy atom. The molecule has 2 saturated heterocycles. The molecule has 1 unspecified atom stereocenters. The quantitative estimate of drug-likeness (QED) is 0.809. The molecule has 5 heteroatoms. The summed E-state index contributed by atoms with van der Waals surface area (Å²) in [6, 6.07) is 8.58. The van der Waals surface area contributed by atoms with E-state index in [1.807, 2.05) is 23.1 Å². The molecule has 2 aliphatic rings. The maximum absolute atomic E-state index is 11.6. The van der Waals surface area contributed by atoms with Crippen LogP contribution in [-0.4, -0.2) is 37.5 Å². The zero-order valence-electron chi connectivity index (χ0n) is 12.1. The average Bonchev–Trinajstić information content (AvgIpc) is 2.48. The van der Waals surface area contributed by atoms with Crippen molar-refractivity contribution in [1.29, 1.82) is 0 Å². The first-order chi connectivity index (χ1) is 10.2. The molecule has 2 fully saturated rings. The molecule has 0 radical (unpaired) electrons. The number of piperazine rings is 1. The zero-order valence-corrected chi connectivity index (χ0v) is 12.1. The van der Waals surface area contributed by atoms with Gasteiger partial charge in [0, 0.05) is 11.7 Å². The number of piperidine rings is 1. The van der Waals surface area contributed by atoms with Crippen molar-refractivity contribution in [1.82, 2.24) is 10.6 Å². The molecule has 2 heterocycles. The van der Waals surface area contributed by atoms with Crippen molar-refractivity contribution in [3.63, 3.8) is 0 Å². The van der Waals surface area contributed by atoms with Crippen molar-refractivity contribution in [3.8, 4) is 0 Å². The molecule has 5 nitrogen and oxygen atoms in total. The first-order valence-electron chi connectivity index (χ1n) is 7.61. The monoisotopic (exact) mass is 287 g/mol. The maximum atomic E-state index is 11.6. The van der Waals surface area contributed by atoms with Crippen LogP contribution in [0.4, 0.5) is 5.69 Å². The van der Waals surface area contributed by atoms with E-state index in [-0.39, 0.29) is 24.9 Å². The summed E-state index contributed by atoms with van der Waals surface area (Å²) in [6.45, 7) is 1.58. The number of carbonyl (C=O) groups excluding carboxylic acids is 2. The average molecular weight is 287 g/mol. The van der Waals surface area contributed by atoms with E-state index >= 15 is 0 Å². The minimum absolute atomic E-state index is 0.225. The number of amides is 2. The van der Waals surface area contributed by atoms with Crippen LogP contribution in [0.25, 0.3) is 0 Å². The number of para-hydroxylation sites is 1. The Hall–Kier alpha value is -1.88. The van der Waals surface area contributed by atoms with E-state index in [0.29, 0.717) is 6.04 Å². The molecule has 1 atom stereocenters. The summed E-state index contributed by atoms with van der Waals surface area (Å²) in [4.78, 5) is 25.0. The van der Waals surface area contributed by atoms with Gasteiger partial charge in [0.25, 0.3) is 0 Å². The number of anilines is 1. The molecular formula is C16H21N3O2. The van der Waals surface area contributed by atoms with E-state index < -0.39 is 0 Å². The third-order valence-corrected chi connectivity index (χ3v) is 4.16. The van der Waals surface area contributed by atoms with Gasteiger partial charge in [-0.3, -0.25) is 14.9 Å². The number of benzene rings is 1. The summed E-state index contributed by atoms with van der Waals surface area (Å²) >= 11 is 0. The lowest BCUT2D eigenvalue weighted by Gasteiger charge is -2.31. The van der Waals surface area contributed by atoms with Gasteiger partial charge >= 0.3 is 0 Å². The van der Waals surface area contributed by atoms with Crippen molar-refractivity contribution in [2.45, 2.75) is 31.7 Å².